The van der Waals surface area contributed by atoms with Gasteiger partial charge in [-0.2, -0.15) is 0 Å². The van der Waals surface area contributed by atoms with Crippen LogP contribution >= 0.6 is 0 Å². The van der Waals surface area contributed by atoms with Gasteiger partial charge in [-0.15, -0.1) is 0 Å². The van der Waals surface area contributed by atoms with Crippen molar-refractivity contribution < 1.29 is 24.2 Å². The maximum Gasteiger partial charge on any atom is 0.352 e. The Morgan fingerprint density at radius 3 is 2.25 bits per heavy atom. The first kappa shape index (κ1) is 22.6. The van der Waals surface area contributed by atoms with Crippen molar-refractivity contribution in [3.05, 3.63) is 101 Å². The number of rotatable bonds is 10. The first-order valence-electron chi connectivity index (χ1n) is 10.3. The van der Waals surface area contributed by atoms with Gasteiger partial charge in [-0.1, -0.05) is 54.6 Å². The van der Waals surface area contributed by atoms with Crippen molar-refractivity contribution in [1.29, 1.82) is 0 Å². The van der Waals surface area contributed by atoms with Crippen LogP contribution in [0.25, 0.3) is 6.08 Å². The third kappa shape index (κ3) is 6.47. The summed E-state index contributed by atoms with van der Waals surface area (Å²) >= 11 is 0. The molecule has 6 nitrogen and oxygen atoms in total. The Labute approximate surface area is 187 Å². The van der Waals surface area contributed by atoms with Crippen molar-refractivity contribution in [3.8, 4) is 11.5 Å². The maximum atomic E-state index is 12.3. The van der Waals surface area contributed by atoms with Gasteiger partial charge in [0.05, 0.1) is 13.2 Å². The highest BCUT2D eigenvalue weighted by atomic mass is 16.5. The molecule has 0 fully saturated rings. The van der Waals surface area contributed by atoms with Gasteiger partial charge in [0.25, 0.3) is 5.91 Å². The number of carboxylic acids is 1. The lowest BCUT2D eigenvalue weighted by Gasteiger charge is -2.13. The number of benzene rings is 3. The molecule has 2 N–H and O–H groups in total. The Hall–Kier alpha value is -4.06. The number of amides is 1. The molecule has 0 aliphatic carbocycles. The van der Waals surface area contributed by atoms with Gasteiger partial charge in [0.15, 0.2) is 11.5 Å². The van der Waals surface area contributed by atoms with Gasteiger partial charge in [-0.05, 0) is 48.4 Å². The van der Waals surface area contributed by atoms with Crippen LogP contribution in [0.1, 0.15) is 28.4 Å². The standard InChI is InChI=1S/C26H25NO5/c1-2-31-24-18-20(13-14-23(24)32-16-15-19-9-5-3-6-10-19)17-22(26(29)30)27-25(28)21-11-7-4-8-12-21/h3-14,17-18H,2,15-16H2,1H3,(H,27,28)(H,29,30). The van der Waals surface area contributed by atoms with E-state index in [0.717, 1.165) is 6.42 Å². The zero-order valence-corrected chi connectivity index (χ0v) is 17.8. The van der Waals surface area contributed by atoms with Crippen molar-refractivity contribution in [2.75, 3.05) is 13.2 Å². The van der Waals surface area contributed by atoms with Crippen molar-refractivity contribution >= 4 is 18.0 Å². The molecule has 0 spiro atoms. The predicted molar refractivity (Wildman–Crippen MR) is 123 cm³/mol. The Kier molecular flexibility index (Phi) is 8.03. The molecule has 0 radical (unpaired) electrons. The molecule has 0 saturated carbocycles. The van der Waals surface area contributed by atoms with E-state index >= 15 is 0 Å². The fraction of sp³-hybridized carbons (Fsp3) is 0.154. The quantitative estimate of drug-likeness (QED) is 0.460. The number of ether oxygens (including phenoxy) is 2. The minimum atomic E-state index is -1.24. The van der Waals surface area contributed by atoms with Crippen LogP contribution < -0.4 is 14.8 Å². The summed E-state index contributed by atoms with van der Waals surface area (Å²) in [5, 5.41) is 12.0. The lowest BCUT2D eigenvalue weighted by atomic mass is 10.1. The van der Waals surface area contributed by atoms with Gasteiger partial charge in [0, 0.05) is 12.0 Å². The third-order valence-electron chi connectivity index (χ3n) is 4.58. The number of carboxylic acid groups (broad SMARTS) is 1. The Balaban J connectivity index is 1.75. The molecule has 0 bridgehead atoms. The molecule has 0 aromatic heterocycles. The molecule has 1 amide bonds. The minimum Gasteiger partial charge on any atom is -0.490 e. The minimum absolute atomic E-state index is 0.237. The second kappa shape index (κ2) is 11.4. The molecule has 0 atom stereocenters. The number of nitrogens with one attached hydrogen (secondary N) is 1. The first-order chi connectivity index (χ1) is 15.6. The molecule has 3 rings (SSSR count). The van der Waals surface area contributed by atoms with E-state index in [-0.39, 0.29) is 5.70 Å². The number of carbonyl (C=O) groups excluding carboxylic acids is 1. The van der Waals surface area contributed by atoms with E-state index < -0.39 is 11.9 Å². The number of hydrogen-bond acceptors (Lipinski definition) is 4. The SMILES string of the molecule is CCOc1cc(C=C(NC(=O)c2ccccc2)C(=O)O)ccc1OCCc1ccccc1. The second-order valence-electron chi connectivity index (χ2n) is 6.91. The third-order valence-corrected chi connectivity index (χ3v) is 4.58. The zero-order chi connectivity index (χ0) is 22.8. The normalized spacial score (nSPS) is 11.0. The van der Waals surface area contributed by atoms with E-state index in [1.807, 2.05) is 37.3 Å². The van der Waals surface area contributed by atoms with Gasteiger partial charge in [-0.3, -0.25) is 4.79 Å². The monoisotopic (exact) mass is 431 g/mol. The highest BCUT2D eigenvalue weighted by molar-refractivity contribution is 6.02. The van der Waals surface area contributed by atoms with Crippen LogP contribution in [-0.4, -0.2) is 30.2 Å². The first-order valence-corrected chi connectivity index (χ1v) is 10.3. The van der Waals surface area contributed by atoms with Crippen LogP contribution in [0.4, 0.5) is 0 Å². The summed E-state index contributed by atoms with van der Waals surface area (Å²) in [4.78, 5) is 24.0. The van der Waals surface area contributed by atoms with Gasteiger partial charge in [0.1, 0.15) is 5.70 Å². The van der Waals surface area contributed by atoms with Crippen molar-refractivity contribution in [2.24, 2.45) is 0 Å². The molecule has 3 aromatic rings. The number of hydrogen-bond donors (Lipinski definition) is 2. The van der Waals surface area contributed by atoms with Gasteiger partial charge < -0.3 is 19.9 Å². The van der Waals surface area contributed by atoms with E-state index in [4.69, 9.17) is 9.47 Å². The molecule has 0 aliphatic heterocycles. The van der Waals surface area contributed by atoms with Gasteiger partial charge >= 0.3 is 5.97 Å². The summed E-state index contributed by atoms with van der Waals surface area (Å²) < 4.78 is 11.6. The lowest BCUT2D eigenvalue weighted by Crippen LogP contribution is -2.27. The van der Waals surface area contributed by atoms with Gasteiger partial charge in [0.2, 0.25) is 0 Å². The summed E-state index contributed by atoms with van der Waals surface area (Å²) in [6.45, 7) is 2.77. The van der Waals surface area contributed by atoms with Crippen LogP contribution in [-0.2, 0) is 11.2 Å². The maximum absolute atomic E-state index is 12.3. The Morgan fingerprint density at radius 2 is 1.59 bits per heavy atom. The Bertz CT molecular complexity index is 1080. The van der Waals surface area contributed by atoms with Crippen LogP contribution in [0, 0.1) is 0 Å². The molecular formula is C26H25NO5. The van der Waals surface area contributed by atoms with E-state index in [0.29, 0.717) is 35.8 Å². The largest absolute Gasteiger partial charge is 0.490 e. The van der Waals surface area contributed by atoms with E-state index in [1.54, 1.807) is 48.5 Å². The summed E-state index contributed by atoms with van der Waals surface area (Å²) in [5.74, 6) is -0.654. The highest BCUT2D eigenvalue weighted by Gasteiger charge is 2.14. The number of carbonyl (C=O) groups is 2. The smallest absolute Gasteiger partial charge is 0.352 e. The fourth-order valence-corrected chi connectivity index (χ4v) is 3.03. The lowest BCUT2D eigenvalue weighted by molar-refractivity contribution is -0.132. The molecule has 0 saturated heterocycles. The van der Waals surface area contributed by atoms with Crippen molar-refractivity contribution in [1.82, 2.24) is 5.32 Å². The highest BCUT2D eigenvalue weighted by Crippen LogP contribution is 2.29. The Morgan fingerprint density at radius 1 is 0.906 bits per heavy atom. The van der Waals surface area contributed by atoms with Crippen LogP contribution in [0.2, 0.25) is 0 Å². The summed E-state index contributed by atoms with van der Waals surface area (Å²) in [5.41, 5.74) is 1.87. The molecule has 164 valence electrons. The van der Waals surface area contributed by atoms with Crippen LogP contribution in [0.15, 0.2) is 84.6 Å². The van der Waals surface area contributed by atoms with Crippen LogP contribution in [0.5, 0.6) is 11.5 Å². The van der Waals surface area contributed by atoms with Crippen molar-refractivity contribution in [3.63, 3.8) is 0 Å². The molecule has 0 heterocycles. The number of aliphatic carboxylic acids is 1. The molecule has 32 heavy (non-hydrogen) atoms. The van der Waals surface area contributed by atoms with E-state index in [9.17, 15) is 14.7 Å². The predicted octanol–water partition coefficient (Wildman–Crippen LogP) is 4.56. The summed E-state index contributed by atoms with van der Waals surface area (Å²) in [6.07, 6.45) is 2.14. The van der Waals surface area contributed by atoms with E-state index in [2.05, 4.69) is 5.32 Å². The van der Waals surface area contributed by atoms with Crippen LogP contribution in [0.3, 0.4) is 0 Å². The molecule has 6 heteroatoms. The average molecular weight is 431 g/mol. The molecule has 3 aromatic carbocycles. The molecular weight excluding hydrogens is 406 g/mol. The van der Waals surface area contributed by atoms with Gasteiger partial charge in [-0.25, -0.2) is 4.79 Å². The summed E-state index contributed by atoms with van der Waals surface area (Å²) in [6, 6.07) is 23.6. The summed E-state index contributed by atoms with van der Waals surface area (Å²) in [7, 11) is 0. The van der Waals surface area contributed by atoms with Crippen molar-refractivity contribution in [2.45, 2.75) is 13.3 Å². The fourth-order valence-electron chi connectivity index (χ4n) is 3.03. The zero-order valence-electron chi connectivity index (χ0n) is 17.8. The molecule has 0 unspecified atom stereocenters. The second-order valence-corrected chi connectivity index (χ2v) is 6.91. The average Bonchev–Trinajstić information content (AvgIpc) is 2.81. The molecule has 0 aliphatic rings. The van der Waals surface area contributed by atoms with E-state index in [1.165, 1.54) is 11.6 Å². The topological polar surface area (TPSA) is 84.9 Å².